The van der Waals surface area contributed by atoms with Crippen LogP contribution in [0.2, 0.25) is 0 Å². The highest BCUT2D eigenvalue weighted by molar-refractivity contribution is 5.18. The first kappa shape index (κ1) is 11.8. The SMILES string of the molecule is CC(C)CCC(N)=CCc1ccccc1. The van der Waals surface area contributed by atoms with E-state index in [2.05, 4.69) is 44.2 Å². The third-order valence-electron chi connectivity index (χ3n) is 2.45. The third kappa shape index (κ3) is 5.26. The van der Waals surface area contributed by atoms with Gasteiger partial charge in [0, 0.05) is 5.70 Å². The molecule has 0 atom stereocenters. The molecule has 0 aliphatic heterocycles. The molecule has 1 heteroatoms. The van der Waals surface area contributed by atoms with E-state index in [0.717, 1.165) is 24.5 Å². The van der Waals surface area contributed by atoms with Crippen LogP contribution in [-0.2, 0) is 6.42 Å². The fraction of sp³-hybridized carbons (Fsp3) is 0.429. The number of hydrogen-bond donors (Lipinski definition) is 1. The van der Waals surface area contributed by atoms with E-state index in [1.54, 1.807) is 0 Å². The second-order valence-electron chi connectivity index (χ2n) is 4.40. The zero-order valence-corrected chi connectivity index (χ0v) is 9.74. The molecule has 2 N–H and O–H groups in total. The predicted octanol–water partition coefficient (Wildman–Crippen LogP) is 3.51. The van der Waals surface area contributed by atoms with Gasteiger partial charge in [-0.3, -0.25) is 0 Å². The summed E-state index contributed by atoms with van der Waals surface area (Å²) in [5.74, 6) is 0.730. The molecule has 0 saturated heterocycles. The van der Waals surface area contributed by atoms with Gasteiger partial charge in [-0.15, -0.1) is 0 Å². The smallest absolute Gasteiger partial charge is 0.00434 e. The van der Waals surface area contributed by atoms with Crippen molar-refractivity contribution in [2.75, 3.05) is 0 Å². The van der Waals surface area contributed by atoms with E-state index >= 15 is 0 Å². The second-order valence-corrected chi connectivity index (χ2v) is 4.40. The average Bonchev–Trinajstić information content (AvgIpc) is 2.25. The van der Waals surface area contributed by atoms with Crippen molar-refractivity contribution in [3.05, 3.63) is 47.7 Å². The van der Waals surface area contributed by atoms with Gasteiger partial charge >= 0.3 is 0 Å². The van der Waals surface area contributed by atoms with Crippen molar-refractivity contribution < 1.29 is 0 Å². The summed E-state index contributed by atoms with van der Waals surface area (Å²) in [6, 6.07) is 10.4. The maximum atomic E-state index is 5.93. The summed E-state index contributed by atoms with van der Waals surface area (Å²) in [5.41, 5.74) is 8.28. The number of nitrogens with two attached hydrogens (primary N) is 1. The summed E-state index contributed by atoms with van der Waals surface area (Å²) in [5, 5.41) is 0. The van der Waals surface area contributed by atoms with Gasteiger partial charge in [0.1, 0.15) is 0 Å². The lowest BCUT2D eigenvalue weighted by Gasteiger charge is -2.04. The summed E-state index contributed by atoms with van der Waals surface area (Å²) in [6.45, 7) is 4.45. The summed E-state index contributed by atoms with van der Waals surface area (Å²) >= 11 is 0. The Morgan fingerprint density at radius 3 is 2.53 bits per heavy atom. The number of rotatable bonds is 5. The van der Waals surface area contributed by atoms with Gasteiger partial charge in [-0.2, -0.15) is 0 Å². The highest BCUT2D eigenvalue weighted by atomic mass is 14.6. The van der Waals surface area contributed by atoms with Crippen molar-refractivity contribution in [2.45, 2.75) is 33.1 Å². The third-order valence-corrected chi connectivity index (χ3v) is 2.45. The van der Waals surface area contributed by atoms with Gasteiger partial charge in [-0.25, -0.2) is 0 Å². The topological polar surface area (TPSA) is 26.0 Å². The van der Waals surface area contributed by atoms with Gasteiger partial charge in [-0.05, 0) is 30.7 Å². The van der Waals surface area contributed by atoms with Gasteiger partial charge in [0.05, 0.1) is 0 Å². The van der Waals surface area contributed by atoms with Crippen LogP contribution >= 0.6 is 0 Å². The Morgan fingerprint density at radius 2 is 1.93 bits per heavy atom. The maximum Gasteiger partial charge on any atom is 0.00434 e. The highest BCUT2D eigenvalue weighted by Crippen LogP contribution is 2.09. The van der Waals surface area contributed by atoms with Crippen molar-refractivity contribution in [3.63, 3.8) is 0 Å². The first-order valence-electron chi connectivity index (χ1n) is 5.67. The Balaban J connectivity index is 2.37. The minimum atomic E-state index is 0.730. The zero-order chi connectivity index (χ0) is 11.1. The van der Waals surface area contributed by atoms with Crippen LogP contribution in [0, 0.1) is 5.92 Å². The summed E-state index contributed by atoms with van der Waals surface area (Å²) in [4.78, 5) is 0. The minimum Gasteiger partial charge on any atom is -0.402 e. The molecule has 1 nitrogen and oxygen atoms in total. The number of hydrogen-bond acceptors (Lipinski definition) is 1. The van der Waals surface area contributed by atoms with Gasteiger partial charge in [-0.1, -0.05) is 50.3 Å². The van der Waals surface area contributed by atoms with Crippen molar-refractivity contribution in [1.29, 1.82) is 0 Å². The molecule has 0 bridgehead atoms. The fourth-order valence-corrected chi connectivity index (χ4v) is 1.42. The first-order chi connectivity index (χ1) is 7.18. The largest absolute Gasteiger partial charge is 0.402 e. The number of benzene rings is 1. The quantitative estimate of drug-likeness (QED) is 0.778. The molecule has 1 aromatic rings. The number of allylic oxidation sites excluding steroid dienone is 2. The van der Waals surface area contributed by atoms with E-state index in [-0.39, 0.29) is 0 Å². The monoisotopic (exact) mass is 203 g/mol. The van der Waals surface area contributed by atoms with Crippen LogP contribution in [0.1, 0.15) is 32.3 Å². The van der Waals surface area contributed by atoms with Crippen LogP contribution in [0.5, 0.6) is 0 Å². The molecule has 1 aromatic carbocycles. The Morgan fingerprint density at radius 1 is 1.27 bits per heavy atom. The molecule has 82 valence electrons. The van der Waals surface area contributed by atoms with E-state index in [1.807, 2.05) is 6.07 Å². The zero-order valence-electron chi connectivity index (χ0n) is 9.74. The molecular weight excluding hydrogens is 182 g/mol. The van der Waals surface area contributed by atoms with Gasteiger partial charge < -0.3 is 5.73 Å². The van der Waals surface area contributed by atoms with Crippen LogP contribution in [0.4, 0.5) is 0 Å². The van der Waals surface area contributed by atoms with Crippen molar-refractivity contribution in [2.24, 2.45) is 11.7 Å². The average molecular weight is 203 g/mol. The molecule has 0 radical (unpaired) electrons. The van der Waals surface area contributed by atoms with E-state index in [1.165, 1.54) is 12.0 Å². The molecule has 0 aliphatic rings. The van der Waals surface area contributed by atoms with Crippen molar-refractivity contribution in [3.8, 4) is 0 Å². The summed E-state index contributed by atoms with van der Waals surface area (Å²) < 4.78 is 0. The molecule has 0 aromatic heterocycles. The lowest BCUT2D eigenvalue weighted by Crippen LogP contribution is -2.00. The van der Waals surface area contributed by atoms with Gasteiger partial charge in [0.2, 0.25) is 0 Å². The van der Waals surface area contributed by atoms with Crippen LogP contribution in [0.25, 0.3) is 0 Å². The molecule has 15 heavy (non-hydrogen) atoms. The minimum absolute atomic E-state index is 0.730. The maximum absolute atomic E-state index is 5.93. The normalized spacial score (nSPS) is 12.1. The Kier molecular flexibility index (Phi) is 4.96. The summed E-state index contributed by atoms with van der Waals surface area (Å²) in [6.07, 6.45) is 5.28. The van der Waals surface area contributed by atoms with E-state index < -0.39 is 0 Å². The molecule has 0 saturated carbocycles. The Bertz CT molecular complexity index is 298. The second kappa shape index (κ2) is 6.28. The van der Waals surface area contributed by atoms with Crippen molar-refractivity contribution in [1.82, 2.24) is 0 Å². The van der Waals surface area contributed by atoms with Crippen LogP contribution in [0.15, 0.2) is 42.1 Å². The summed E-state index contributed by atoms with van der Waals surface area (Å²) in [7, 11) is 0. The Labute approximate surface area is 93.0 Å². The van der Waals surface area contributed by atoms with Crippen LogP contribution < -0.4 is 5.73 Å². The van der Waals surface area contributed by atoms with E-state index in [0.29, 0.717) is 0 Å². The molecule has 0 heterocycles. The lowest BCUT2D eigenvalue weighted by atomic mass is 10.1. The molecule has 0 amide bonds. The molecule has 0 fully saturated rings. The fourth-order valence-electron chi connectivity index (χ4n) is 1.42. The highest BCUT2D eigenvalue weighted by Gasteiger charge is 1.96. The molecule has 1 rings (SSSR count). The standard InChI is InChI=1S/C14H21N/c1-12(2)8-10-14(15)11-9-13-6-4-3-5-7-13/h3-7,11-12H,8-10,15H2,1-2H3. The van der Waals surface area contributed by atoms with E-state index in [9.17, 15) is 0 Å². The van der Waals surface area contributed by atoms with Crippen LogP contribution in [-0.4, -0.2) is 0 Å². The predicted molar refractivity (Wildman–Crippen MR) is 66.5 cm³/mol. The molecular formula is C14H21N. The van der Waals surface area contributed by atoms with Gasteiger partial charge in [0.15, 0.2) is 0 Å². The lowest BCUT2D eigenvalue weighted by molar-refractivity contribution is 0.582. The van der Waals surface area contributed by atoms with E-state index in [4.69, 9.17) is 5.73 Å². The Hall–Kier alpha value is -1.24. The molecule has 0 spiro atoms. The van der Waals surface area contributed by atoms with Crippen molar-refractivity contribution >= 4 is 0 Å². The van der Waals surface area contributed by atoms with Gasteiger partial charge in [0.25, 0.3) is 0 Å². The molecule has 0 unspecified atom stereocenters. The first-order valence-corrected chi connectivity index (χ1v) is 5.67. The van der Waals surface area contributed by atoms with Crippen LogP contribution in [0.3, 0.4) is 0 Å². The molecule has 0 aliphatic carbocycles.